The summed E-state index contributed by atoms with van der Waals surface area (Å²) in [5.41, 5.74) is 0. The predicted molar refractivity (Wildman–Crippen MR) is 293 cm³/mol. The van der Waals surface area contributed by atoms with Crippen LogP contribution in [0.2, 0.25) is 0 Å². The van der Waals surface area contributed by atoms with Crippen molar-refractivity contribution >= 4 is 17.9 Å². The Hall–Kier alpha value is -3.15. The highest BCUT2D eigenvalue weighted by atomic mass is 16.6. The molecule has 6 nitrogen and oxygen atoms in total. The zero-order valence-corrected chi connectivity index (χ0v) is 44.9. The van der Waals surface area contributed by atoms with Crippen molar-refractivity contribution in [2.24, 2.45) is 0 Å². The Bertz CT molecular complexity index is 1270. The Balaban J connectivity index is 4.34. The Morgan fingerprint density at radius 3 is 0.912 bits per heavy atom. The van der Waals surface area contributed by atoms with E-state index in [1.807, 2.05) is 0 Å². The van der Waals surface area contributed by atoms with E-state index in [9.17, 15) is 14.4 Å². The second kappa shape index (κ2) is 56.4. The fourth-order valence-corrected chi connectivity index (χ4v) is 8.11. The van der Waals surface area contributed by atoms with Crippen LogP contribution >= 0.6 is 0 Å². The number of hydrogen-bond acceptors (Lipinski definition) is 6. The maximum Gasteiger partial charge on any atom is 0.306 e. The van der Waals surface area contributed by atoms with Crippen LogP contribution in [0.15, 0.2) is 72.9 Å². The molecule has 392 valence electrons. The van der Waals surface area contributed by atoms with Gasteiger partial charge >= 0.3 is 17.9 Å². The van der Waals surface area contributed by atoms with Crippen LogP contribution in [0, 0.1) is 0 Å². The van der Waals surface area contributed by atoms with Gasteiger partial charge in [-0.05, 0) is 89.9 Å². The van der Waals surface area contributed by atoms with Crippen LogP contribution in [0.4, 0.5) is 0 Å². The summed E-state index contributed by atoms with van der Waals surface area (Å²) in [6.07, 6.45) is 71.7. The molecule has 0 aromatic carbocycles. The zero-order chi connectivity index (χ0) is 49.3. The van der Waals surface area contributed by atoms with Crippen molar-refractivity contribution in [1.82, 2.24) is 0 Å². The van der Waals surface area contributed by atoms with E-state index in [0.717, 1.165) is 103 Å². The SMILES string of the molecule is CC/C=C\C/C=C\C/C=C\C/C=C\CCCCCCCCCCC(=O)OCC(COC(=O)CCCCCCCCCCCCC)OC(=O)CCCCCCCCC/C=C\C/C=C\CCCCCC. The first-order valence-corrected chi connectivity index (χ1v) is 28.9. The van der Waals surface area contributed by atoms with Gasteiger partial charge in [0.2, 0.25) is 0 Å². The summed E-state index contributed by atoms with van der Waals surface area (Å²) in [5.74, 6) is -0.887. The van der Waals surface area contributed by atoms with Gasteiger partial charge in [-0.25, -0.2) is 0 Å². The van der Waals surface area contributed by atoms with Gasteiger partial charge in [-0.2, -0.15) is 0 Å². The fourth-order valence-electron chi connectivity index (χ4n) is 8.11. The molecular weight excluding hydrogens is 841 g/mol. The second-order valence-electron chi connectivity index (χ2n) is 19.2. The van der Waals surface area contributed by atoms with Gasteiger partial charge in [0, 0.05) is 19.3 Å². The summed E-state index contributed by atoms with van der Waals surface area (Å²) in [6.45, 7) is 6.51. The maximum absolute atomic E-state index is 12.9. The molecule has 0 saturated carbocycles. The van der Waals surface area contributed by atoms with Crippen molar-refractivity contribution < 1.29 is 28.6 Å². The van der Waals surface area contributed by atoms with Crippen molar-refractivity contribution in [3.8, 4) is 0 Å². The Kier molecular flexibility index (Phi) is 53.8. The van der Waals surface area contributed by atoms with Gasteiger partial charge in [0.15, 0.2) is 6.10 Å². The number of esters is 3. The number of carbonyl (C=O) groups is 3. The largest absolute Gasteiger partial charge is 0.462 e. The van der Waals surface area contributed by atoms with Crippen molar-refractivity contribution in [2.45, 2.75) is 290 Å². The molecule has 0 N–H and O–H groups in total. The molecular formula is C62H108O6. The van der Waals surface area contributed by atoms with Gasteiger partial charge in [-0.15, -0.1) is 0 Å². The number of hydrogen-bond donors (Lipinski definition) is 0. The molecule has 0 rings (SSSR count). The zero-order valence-electron chi connectivity index (χ0n) is 44.9. The molecule has 0 aromatic rings. The lowest BCUT2D eigenvalue weighted by molar-refractivity contribution is -0.167. The van der Waals surface area contributed by atoms with Crippen LogP contribution < -0.4 is 0 Å². The normalized spacial score (nSPS) is 12.6. The molecule has 1 unspecified atom stereocenters. The minimum Gasteiger partial charge on any atom is -0.462 e. The summed E-state index contributed by atoms with van der Waals surface area (Å²) in [4.78, 5) is 38.1. The first-order valence-electron chi connectivity index (χ1n) is 28.9. The van der Waals surface area contributed by atoms with Gasteiger partial charge in [-0.1, -0.05) is 248 Å². The molecule has 0 aliphatic rings. The summed E-state index contributed by atoms with van der Waals surface area (Å²) in [5, 5.41) is 0. The van der Waals surface area contributed by atoms with E-state index in [4.69, 9.17) is 14.2 Å². The molecule has 0 saturated heterocycles. The number of rotatable bonds is 52. The number of carbonyl (C=O) groups excluding carboxylic acids is 3. The average Bonchev–Trinajstić information content (AvgIpc) is 3.34. The van der Waals surface area contributed by atoms with Gasteiger partial charge < -0.3 is 14.2 Å². The minimum atomic E-state index is -0.781. The van der Waals surface area contributed by atoms with Gasteiger partial charge in [0.1, 0.15) is 13.2 Å². The standard InChI is InChI=1S/C62H108O6/c1-4-7-10-13-16-19-22-24-26-28-30-31-32-34-35-37-40-43-46-49-52-55-61(64)67-58-59(57-66-60(63)54-51-48-45-42-39-21-18-15-12-9-6-3)68-62(65)56-53-50-47-44-41-38-36-33-29-27-25-23-20-17-14-11-8-5-2/h7,10,16,19-20,23-24,26-27,29-31,59H,4-6,8-9,11-15,17-18,21-22,25,28,32-58H2,1-3H3/b10-7-,19-16-,23-20-,26-24-,29-27-,31-30-. The van der Waals surface area contributed by atoms with Gasteiger partial charge in [0.05, 0.1) is 0 Å². The van der Waals surface area contributed by atoms with E-state index < -0.39 is 6.10 Å². The molecule has 68 heavy (non-hydrogen) atoms. The minimum absolute atomic E-state index is 0.0790. The lowest BCUT2D eigenvalue weighted by atomic mass is 10.1. The summed E-state index contributed by atoms with van der Waals surface area (Å²) < 4.78 is 16.9. The Morgan fingerprint density at radius 2 is 0.574 bits per heavy atom. The monoisotopic (exact) mass is 949 g/mol. The third-order valence-corrected chi connectivity index (χ3v) is 12.4. The second-order valence-corrected chi connectivity index (χ2v) is 19.2. The quantitative estimate of drug-likeness (QED) is 0.0262. The lowest BCUT2D eigenvalue weighted by Gasteiger charge is -2.18. The van der Waals surface area contributed by atoms with E-state index >= 15 is 0 Å². The van der Waals surface area contributed by atoms with Crippen LogP contribution in [0.1, 0.15) is 284 Å². The smallest absolute Gasteiger partial charge is 0.306 e. The molecule has 0 spiro atoms. The van der Waals surface area contributed by atoms with E-state index in [-0.39, 0.29) is 31.1 Å². The molecule has 0 bridgehead atoms. The van der Waals surface area contributed by atoms with E-state index in [2.05, 4.69) is 93.7 Å². The molecule has 0 heterocycles. The maximum atomic E-state index is 12.9. The molecule has 0 radical (unpaired) electrons. The summed E-state index contributed by atoms with van der Waals surface area (Å²) in [6, 6.07) is 0. The Labute approximate surface area is 421 Å². The fraction of sp³-hybridized carbons (Fsp3) is 0.758. The highest BCUT2D eigenvalue weighted by Crippen LogP contribution is 2.15. The van der Waals surface area contributed by atoms with Crippen molar-refractivity contribution in [1.29, 1.82) is 0 Å². The van der Waals surface area contributed by atoms with Crippen LogP contribution in [-0.4, -0.2) is 37.2 Å². The highest BCUT2D eigenvalue weighted by molar-refractivity contribution is 5.71. The van der Waals surface area contributed by atoms with Crippen LogP contribution in [-0.2, 0) is 28.6 Å². The molecule has 0 amide bonds. The molecule has 0 aliphatic heterocycles. The molecule has 6 heteroatoms. The average molecular weight is 950 g/mol. The third kappa shape index (κ3) is 53.8. The Morgan fingerprint density at radius 1 is 0.309 bits per heavy atom. The highest BCUT2D eigenvalue weighted by Gasteiger charge is 2.19. The number of ether oxygens (including phenoxy) is 3. The van der Waals surface area contributed by atoms with Crippen molar-refractivity contribution in [3.05, 3.63) is 72.9 Å². The van der Waals surface area contributed by atoms with E-state index in [0.29, 0.717) is 19.3 Å². The molecule has 0 aromatic heterocycles. The molecule has 1 atom stereocenters. The topological polar surface area (TPSA) is 78.9 Å². The van der Waals surface area contributed by atoms with Crippen molar-refractivity contribution in [2.75, 3.05) is 13.2 Å². The first kappa shape index (κ1) is 64.8. The molecule has 0 fully saturated rings. The summed E-state index contributed by atoms with van der Waals surface area (Å²) in [7, 11) is 0. The predicted octanol–water partition coefficient (Wildman–Crippen LogP) is 19.4. The van der Waals surface area contributed by atoms with E-state index in [1.165, 1.54) is 141 Å². The van der Waals surface area contributed by atoms with Crippen molar-refractivity contribution in [3.63, 3.8) is 0 Å². The first-order chi connectivity index (χ1) is 33.5. The van der Waals surface area contributed by atoms with E-state index in [1.54, 1.807) is 0 Å². The number of allylic oxidation sites excluding steroid dienone is 12. The third-order valence-electron chi connectivity index (χ3n) is 12.4. The molecule has 0 aliphatic carbocycles. The van der Waals surface area contributed by atoms with Crippen LogP contribution in [0.3, 0.4) is 0 Å². The van der Waals surface area contributed by atoms with Gasteiger partial charge in [0.25, 0.3) is 0 Å². The van der Waals surface area contributed by atoms with Crippen LogP contribution in [0.5, 0.6) is 0 Å². The number of unbranched alkanes of at least 4 members (excludes halogenated alkanes) is 29. The lowest BCUT2D eigenvalue weighted by Crippen LogP contribution is -2.30. The van der Waals surface area contributed by atoms with Crippen LogP contribution in [0.25, 0.3) is 0 Å². The summed E-state index contributed by atoms with van der Waals surface area (Å²) >= 11 is 0. The van der Waals surface area contributed by atoms with Gasteiger partial charge in [-0.3, -0.25) is 14.4 Å².